The summed E-state index contributed by atoms with van der Waals surface area (Å²) < 4.78 is 42.9. The Bertz CT molecular complexity index is 1180. The van der Waals surface area contributed by atoms with Crippen molar-refractivity contribution in [2.24, 2.45) is 5.73 Å². The number of aromatic nitrogens is 1. The predicted octanol–water partition coefficient (Wildman–Crippen LogP) is 4.84. The van der Waals surface area contributed by atoms with E-state index in [1.807, 2.05) is 34.9 Å². The van der Waals surface area contributed by atoms with Crippen LogP contribution >= 0.6 is 0 Å². The zero-order chi connectivity index (χ0) is 19.9. The number of ether oxygens (including phenoxy) is 1. The first-order valence-corrected chi connectivity index (χ1v) is 8.48. The molecule has 4 nitrogen and oxygen atoms in total. The highest BCUT2D eigenvalue weighted by Crippen LogP contribution is 2.32. The topological polar surface area (TPSA) is 57.2 Å². The van der Waals surface area contributed by atoms with Crippen molar-refractivity contribution in [3.05, 3.63) is 77.9 Å². The fourth-order valence-electron chi connectivity index (χ4n) is 3.45. The molecule has 142 valence electrons. The number of nitrogens with zero attached hydrogens (tertiary/aromatic N) is 1. The average molecular weight is 384 g/mol. The molecule has 1 amide bonds. The van der Waals surface area contributed by atoms with Crippen LogP contribution < -0.4 is 10.5 Å². The largest absolute Gasteiger partial charge is 0.573 e. The summed E-state index contributed by atoms with van der Waals surface area (Å²) in [6, 6.07) is 18.7. The molecule has 0 saturated carbocycles. The first-order chi connectivity index (χ1) is 13.3. The van der Waals surface area contributed by atoms with Crippen LogP contribution in [0.5, 0.6) is 5.75 Å². The summed E-state index contributed by atoms with van der Waals surface area (Å²) in [6.45, 7) is 0.415. The van der Waals surface area contributed by atoms with Gasteiger partial charge in [-0.05, 0) is 35.9 Å². The Morgan fingerprint density at radius 3 is 2.29 bits per heavy atom. The summed E-state index contributed by atoms with van der Waals surface area (Å²) in [5, 5.41) is 1.66. The van der Waals surface area contributed by atoms with Gasteiger partial charge >= 0.3 is 6.36 Å². The number of fused-ring (bicyclic) bond motifs is 3. The molecule has 0 saturated heterocycles. The second kappa shape index (κ2) is 6.60. The van der Waals surface area contributed by atoms with Crippen molar-refractivity contribution >= 4 is 27.7 Å². The Labute approximate surface area is 157 Å². The second-order valence-electron chi connectivity index (χ2n) is 6.36. The summed E-state index contributed by atoms with van der Waals surface area (Å²) in [6.07, 6.45) is -4.72. The number of para-hydroxylation sites is 1. The van der Waals surface area contributed by atoms with Crippen molar-refractivity contribution in [2.75, 3.05) is 0 Å². The van der Waals surface area contributed by atoms with Gasteiger partial charge in [-0.3, -0.25) is 4.79 Å². The molecule has 4 aromatic rings. The van der Waals surface area contributed by atoms with Crippen LogP contribution in [0, 0.1) is 0 Å². The van der Waals surface area contributed by atoms with Crippen molar-refractivity contribution in [3.8, 4) is 5.75 Å². The molecule has 0 radical (unpaired) electrons. The lowest BCUT2D eigenvalue weighted by atomic mass is 10.1. The van der Waals surface area contributed by atoms with Gasteiger partial charge in [-0.15, -0.1) is 13.2 Å². The molecule has 28 heavy (non-hydrogen) atoms. The lowest BCUT2D eigenvalue weighted by molar-refractivity contribution is -0.274. The molecule has 0 spiro atoms. The van der Waals surface area contributed by atoms with E-state index in [9.17, 15) is 18.0 Å². The van der Waals surface area contributed by atoms with E-state index in [1.54, 1.807) is 24.3 Å². The smallest absolute Gasteiger partial charge is 0.406 e. The van der Waals surface area contributed by atoms with Gasteiger partial charge in [0.15, 0.2) is 0 Å². The zero-order valence-corrected chi connectivity index (χ0v) is 14.5. The molecule has 1 aromatic heterocycles. The van der Waals surface area contributed by atoms with Crippen molar-refractivity contribution in [1.82, 2.24) is 4.57 Å². The van der Waals surface area contributed by atoms with Gasteiger partial charge in [0.05, 0.1) is 5.52 Å². The third-order valence-electron chi connectivity index (χ3n) is 4.56. The molecule has 1 heterocycles. The Morgan fingerprint density at radius 2 is 1.61 bits per heavy atom. The first kappa shape index (κ1) is 17.9. The molecule has 0 atom stereocenters. The van der Waals surface area contributed by atoms with E-state index in [0.717, 1.165) is 27.4 Å². The molecule has 4 rings (SSSR count). The second-order valence-corrected chi connectivity index (χ2v) is 6.36. The van der Waals surface area contributed by atoms with Crippen molar-refractivity contribution in [3.63, 3.8) is 0 Å². The molecule has 7 heteroatoms. The average Bonchev–Trinajstić information content (AvgIpc) is 2.96. The number of rotatable bonds is 4. The molecule has 0 aliphatic carbocycles. The molecule has 2 N–H and O–H groups in total. The fraction of sp³-hybridized carbons (Fsp3) is 0.0952. The minimum absolute atomic E-state index is 0.269. The number of primary amides is 1. The highest BCUT2D eigenvalue weighted by molar-refractivity contribution is 6.17. The molecule has 3 aromatic carbocycles. The fourth-order valence-corrected chi connectivity index (χ4v) is 3.45. The van der Waals surface area contributed by atoms with Crippen LogP contribution in [0.1, 0.15) is 15.9 Å². The number of halogens is 3. The summed E-state index contributed by atoms with van der Waals surface area (Å²) in [5.74, 6) is -0.781. The number of benzene rings is 3. The minimum atomic E-state index is -4.72. The number of hydrogen-bond acceptors (Lipinski definition) is 2. The lowest BCUT2D eigenvalue weighted by Gasteiger charge is -2.11. The van der Waals surface area contributed by atoms with E-state index >= 15 is 0 Å². The van der Waals surface area contributed by atoms with Gasteiger partial charge in [-0.2, -0.15) is 0 Å². The lowest BCUT2D eigenvalue weighted by Crippen LogP contribution is -2.17. The Hall–Kier alpha value is -3.48. The van der Waals surface area contributed by atoms with Gasteiger partial charge < -0.3 is 15.0 Å². The quantitative estimate of drug-likeness (QED) is 0.547. The SMILES string of the molecule is NC(=O)c1cccc2c1c1ccccc1n2Cc1ccc(OC(F)(F)F)cc1. The third kappa shape index (κ3) is 3.26. The number of nitrogens with two attached hydrogens (primary N) is 1. The van der Waals surface area contributed by atoms with Gasteiger partial charge in [0.2, 0.25) is 5.91 Å². The summed E-state index contributed by atoms with van der Waals surface area (Å²) in [4.78, 5) is 11.9. The normalized spacial score (nSPS) is 11.8. The number of hydrogen-bond donors (Lipinski definition) is 1. The first-order valence-electron chi connectivity index (χ1n) is 8.48. The molecule has 0 bridgehead atoms. The molecular weight excluding hydrogens is 369 g/mol. The van der Waals surface area contributed by atoms with E-state index in [4.69, 9.17) is 5.73 Å². The summed E-state index contributed by atoms with van der Waals surface area (Å²) >= 11 is 0. The van der Waals surface area contributed by atoms with Crippen LogP contribution in [0.15, 0.2) is 66.7 Å². The predicted molar refractivity (Wildman–Crippen MR) is 100 cm³/mol. The van der Waals surface area contributed by atoms with Gasteiger partial charge in [0.25, 0.3) is 0 Å². The Kier molecular flexibility index (Phi) is 4.22. The maximum Gasteiger partial charge on any atom is 0.573 e. The van der Waals surface area contributed by atoms with Gasteiger partial charge in [0, 0.05) is 28.4 Å². The molecule has 0 aliphatic rings. The van der Waals surface area contributed by atoms with E-state index in [2.05, 4.69) is 4.74 Å². The van der Waals surface area contributed by atoms with Crippen LogP contribution in [0.3, 0.4) is 0 Å². The summed E-state index contributed by atoms with van der Waals surface area (Å²) in [7, 11) is 0. The van der Waals surface area contributed by atoms with Crippen LogP contribution in [0.25, 0.3) is 21.8 Å². The molecule has 0 aliphatic heterocycles. The molecular formula is C21H15F3N2O2. The van der Waals surface area contributed by atoms with Crippen LogP contribution in [-0.4, -0.2) is 16.8 Å². The Balaban J connectivity index is 1.80. The number of carbonyl (C=O) groups is 1. The molecule has 0 fully saturated rings. The van der Waals surface area contributed by atoms with Gasteiger partial charge in [-0.25, -0.2) is 0 Å². The monoisotopic (exact) mass is 384 g/mol. The van der Waals surface area contributed by atoms with E-state index in [1.165, 1.54) is 12.1 Å². The maximum atomic E-state index is 12.3. The van der Waals surface area contributed by atoms with Gasteiger partial charge in [0.1, 0.15) is 5.75 Å². The number of amides is 1. The van der Waals surface area contributed by atoms with Crippen molar-refractivity contribution in [2.45, 2.75) is 12.9 Å². The zero-order valence-electron chi connectivity index (χ0n) is 14.5. The van der Waals surface area contributed by atoms with Crippen LogP contribution in [-0.2, 0) is 6.54 Å². The van der Waals surface area contributed by atoms with Crippen molar-refractivity contribution in [1.29, 1.82) is 0 Å². The highest BCUT2D eigenvalue weighted by atomic mass is 19.4. The minimum Gasteiger partial charge on any atom is -0.406 e. The van der Waals surface area contributed by atoms with E-state index in [0.29, 0.717) is 12.1 Å². The van der Waals surface area contributed by atoms with Crippen molar-refractivity contribution < 1.29 is 22.7 Å². The Morgan fingerprint density at radius 1 is 0.929 bits per heavy atom. The van der Waals surface area contributed by atoms with Crippen LogP contribution in [0.2, 0.25) is 0 Å². The summed E-state index contributed by atoms with van der Waals surface area (Å²) in [5.41, 5.74) is 8.50. The standard InChI is InChI=1S/C21H15F3N2O2/c22-21(23,24)28-14-10-8-13(9-11-14)12-26-17-6-2-1-4-15(17)19-16(20(25)27)5-3-7-18(19)26/h1-11H,12H2,(H2,25,27). The van der Waals surface area contributed by atoms with E-state index < -0.39 is 12.3 Å². The van der Waals surface area contributed by atoms with Crippen LogP contribution in [0.4, 0.5) is 13.2 Å². The number of alkyl halides is 3. The van der Waals surface area contributed by atoms with E-state index in [-0.39, 0.29) is 5.75 Å². The van der Waals surface area contributed by atoms with Gasteiger partial charge in [-0.1, -0.05) is 36.4 Å². The highest BCUT2D eigenvalue weighted by Gasteiger charge is 2.31. The third-order valence-corrected chi connectivity index (χ3v) is 4.56. The maximum absolute atomic E-state index is 12.3. The molecule has 0 unspecified atom stereocenters. The number of carbonyl (C=O) groups excluding carboxylic acids is 1.